The van der Waals surface area contributed by atoms with E-state index in [1.807, 2.05) is 0 Å². The van der Waals surface area contributed by atoms with Crippen molar-refractivity contribution in [2.45, 2.75) is 30.4 Å². The molecular weight excluding hydrogens is 381 g/mol. The average Bonchev–Trinajstić information content (AvgIpc) is 2.49. The number of aromatic amines is 1. The van der Waals surface area contributed by atoms with E-state index >= 15 is 0 Å². The Hall–Kier alpha value is -2.07. The zero-order chi connectivity index (χ0) is 18.8. The van der Waals surface area contributed by atoms with Gasteiger partial charge >= 0.3 is 6.18 Å². The van der Waals surface area contributed by atoms with Gasteiger partial charge in [-0.05, 0) is 32.0 Å². The smallest absolute Gasteiger partial charge is 0.324 e. The van der Waals surface area contributed by atoms with Gasteiger partial charge in [0.1, 0.15) is 5.69 Å². The number of hydrogen-bond donors (Lipinski definition) is 2. The molecule has 0 radical (unpaired) electrons. The van der Waals surface area contributed by atoms with Crippen molar-refractivity contribution in [3.8, 4) is 0 Å². The first-order chi connectivity index (χ1) is 11.6. The minimum Gasteiger partial charge on any atom is -0.324 e. The molecule has 11 heteroatoms. The highest BCUT2D eigenvalue weighted by atomic mass is 35.5. The number of aryl methyl sites for hydroxylation is 1. The number of rotatable bonds is 4. The number of halogens is 4. The molecule has 1 amide bonds. The molecule has 25 heavy (non-hydrogen) atoms. The molecule has 6 nitrogen and oxygen atoms in total. The topological polar surface area (TPSA) is 87.7 Å². The molecule has 1 aromatic carbocycles. The van der Waals surface area contributed by atoms with E-state index in [1.165, 1.54) is 13.8 Å². The van der Waals surface area contributed by atoms with Gasteiger partial charge in [-0.2, -0.15) is 13.2 Å². The maximum atomic E-state index is 13.0. The van der Waals surface area contributed by atoms with Crippen molar-refractivity contribution in [3.05, 3.63) is 44.8 Å². The van der Waals surface area contributed by atoms with Crippen molar-refractivity contribution in [2.24, 2.45) is 0 Å². The summed E-state index contributed by atoms with van der Waals surface area (Å²) in [6.45, 7) is 2.92. The zero-order valence-corrected chi connectivity index (χ0v) is 14.5. The van der Waals surface area contributed by atoms with Crippen LogP contribution in [0, 0.1) is 6.92 Å². The number of carbonyl (C=O) groups is 1. The summed E-state index contributed by atoms with van der Waals surface area (Å²) in [5.41, 5.74) is -1.75. The lowest BCUT2D eigenvalue weighted by Crippen LogP contribution is -2.25. The highest BCUT2D eigenvalue weighted by Gasteiger charge is 2.34. The van der Waals surface area contributed by atoms with Crippen LogP contribution >= 0.6 is 23.4 Å². The summed E-state index contributed by atoms with van der Waals surface area (Å²) in [5.74, 6) is -0.707. The summed E-state index contributed by atoms with van der Waals surface area (Å²) in [6.07, 6.45) is -4.64. The highest BCUT2D eigenvalue weighted by Crippen LogP contribution is 2.36. The van der Waals surface area contributed by atoms with Crippen LogP contribution in [0.5, 0.6) is 0 Å². The Morgan fingerprint density at radius 3 is 2.64 bits per heavy atom. The van der Waals surface area contributed by atoms with Crippen LogP contribution in [0.2, 0.25) is 5.02 Å². The Morgan fingerprint density at radius 2 is 2.04 bits per heavy atom. The molecule has 0 fully saturated rings. The third-order valence-electron chi connectivity index (χ3n) is 3.04. The number of anilines is 1. The first-order valence-electron chi connectivity index (χ1n) is 6.86. The summed E-state index contributed by atoms with van der Waals surface area (Å²) < 4.78 is 39.0. The van der Waals surface area contributed by atoms with Crippen LogP contribution in [0.4, 0.5) is 18.9 Å². The van der Waals surface area contributed by atoms with Crippen LogP contribution in [-0.2, 0) is 11.0 Å². The predicted octanol–water partition coefficient (Wildman–Crippen LogP) is 3.26. The van der Waals surface area contributed by atoms with Gasteiger partial charge in [-0.25, -0.2) is 0 Å². The van der Waals surface area contributed by atoms with Gasteiger partial charge in [0.15, 0.2) is 5.16 Å². The number of thioether (sulfide) groups is 1. The van der Waals surface area contributed by atoms with E-state index in [4.69, 9.17) is 11.6 Å². The summed E-state index contributed by atoms with van der Waals surface area (Å²) >= 11 is 6.57. The van der Waals surface area contributed by atoms with E-state index in [2.05, 4.69) is 20.5 Å². The van der Waals surface area contributed by atoms with Crippen LogP contribution < -0.4 is 10.9 Å². The fourth-order valence-corrected chi connectivity index (χ4v) is 2.67. The summed E-state index contributed by atoms with van der Waals surface area (Å²) in [4.78, 5) is 26.1. The number of aromatic nitrogens is 3. The molecule has 1 atom stereocenters. The van der Waals surface area contributed by atoms with Gasteiger partial charge in [0, 0.05) is 5.02 Å². The SMILES string of the molecule is Cc1nnc(SC(C)C(=O)Nc2cc(Cl)ccc2C(F)(F)F)[nH]c1=O. The lowest BCUT2D eigenvalue weighted by atomic mass is 10.1. The Morgan fingerprint density at radius 1 is 1.36 bits per heavy atom. The second kappa shape index (κ2) is 7.44. The third-order valence-corrected chi connectivity index (χ3v) is 4.25. The summed E-state index contributed by atoms with van der Waals surface area (Å²) in [6, 6.07) is 2.90. The molecule has 0 aliphatic carbocycles. The predicted molar refractivity (Wildman–Crippen MR) is 87.8 cm³/mol. The second-order valence-electron chi connectivity index (χ2n) is 4.98. The fraction of sp³-hybridized carbons (Fsp3) is 0.286. The molecule has 2 N–H and O–H groups in total. The highest BCUT2D eigenvalue weighted by molar-refractivity contribution is 8.00. The number of hydrogen-bond acceptors (Lipinski definition) is 5. The molecule has 0 spiro atoms. The van der Waals surface area contributed by atoms with Gasteiger partial charge in [0.2, 0.25) is 5.91 Å². The van der Waals surface area contributed by atoms with Crippen LogP contribution in [0.25, 0.3) is 0 Å². The first-order valence-corrected chi connectivity index (χ1v) is 8.11. The normalized spacial score (nSPS) is 12.7. The molecule has 134 valence electrons. The minimum absolute atomic E-state index is 0.0531. The Balaban J connectivity index is 2.17. The van der Waals surface area contributed by atoms with Gasteiger partial charge in [-0.15, -0.1) is 10.2 Å². The number of carbonyl (C=O) groups excluding carboxylic acids is 1. The fourth-order valence-electron chi connectivity index (χ4n) is 1.75. The van der Waals surface area contributed by atoms with E-state index in [0.717, 1.165) is 30.0 Å². The maximum absolute atomic E-state index is 13.0. The molecule has 2 aromatic rings. The van der Waals surface area contributed by atoms with Crippen LogP contribution in [0.3, 0.4) is 0 Å². The van der Waals surface area contributed by atoms with Gasteiger partial charge in [0.05, 0.1) is 16.5 Å². The van der Waals surface area contributed by atoms with E-state index in [9.17, 15) is 22.8 Å². The second-order valence-corrected chi connectivity index (χ2v) is 6.75. The summed E-state index contributed by atoms with van der Waals surface area (Å²) in [5, 5.41) is 8.83. The van der Waals surface area contributed by atoms with Crippen LogP contribution in [0.1, 0.15) is 18.2 Å². The lowest BCUT2D eigenvalue weighted by molar-refractivity contribution is -0.137. The molecule has 0 aliphatic rings. The van der Waals surface area contributed by atoms with Crippen molar-refractivity contribution in [1.29, 1.82) is 0 Å². The monoisotopic (exact) mass is 392 g/mol. The molecule has 1 unspecified atom stereocenters. The first kappa shape index (κ1) is 19.3. The van der Waals surface area contributed by atoms with Crippen molar-refractivity contribution in [2.75, 3.05) is 5.32 Å². The Kier molecular flexibility index (Phi) is 5.73. The Bertz CT molecular complexity index is 857. The Labute approximate surface area is 149 Å². The minimum atomic E-state index is -4.64. The number of nitrogens with one attached hydrogen (secondary N) is 2. The number of H-pyrrole nitrogens is 1. The third kappa shape index (κ3) is 4.95. The molecule has 0 aliphatic heterocycles. The van der Waals surface area contributed by atoms with Crippen molar-refractivity contribution in [1.82, 2.24) is 15.2 Å². The van der Waals surface area contributed by atoms with E-state index in [1.54, 1.807) is 0 Å². The van der Waals surface area contributed by atoms with E-state index in [-0.39, 0.29) is 15.9 Å². The van der Waals surface area contributed by atoms with Crippen LogP contribution in [0.15, 0.2) is 28.2 Å². The number of amides is 1. The van der Waals surface area contributed by atoms with Crippen LogP contribution in [-0.4, -0.2) is 26.3 Å². The molecule has 1 heterocycles. The summed E-state index contributed by atoms with van der Waals surface area (Å²) in [7, 11) is 0. The van der Waals surface area contributed by atoms with Gasteiger partial charge in [-0.3, -0.25) is 14.6 Å². The molecule has 1 aromatic heterocycles. The van der Waals surface area contributed by atoms with Crippen molar-refractivity contribution >= 4 is 35.0 Å². The molecule has 0 bridgehead atoms. The maximum Gasteiger partial charge on any atom is 0.418 e. The standard InChI is InChI=1S/C14H12ClF3N4O2S/c1-6-11(23)20-13(22-21-6)25-7(2)12(24)19-10-5-8(15)3-4-9(10)14(16,17)18/h3-5,7H,1-2H3,(H,19,24)(H,20,22,23). The van der Waals surface area contributed by atoms with E-state index < -0.39 is 34.1 Å². The van der Waals surface area contributed by atoms with Gasteiger partial charge < -0.3 is 5.32 Å². The number of alkyl halides is 3. The average molecular weight is 393 g/mol. The largest absolute Gasteiger partial charge is 0.418 e. The number of benzene rings is 1. The molecule has 0 saturated heterocycles. The van der Waals surface area contributed by atoms with Crippen molar-refractivity contribution < 1.29 is 18.0 Å². The van der Waals surface area contributed by atoms with Gasteiger partial charge in [-0.1, -0.05) is 23.4 Å². The number of nitrogens with zero attached hydrogens (tertiary/aromatic N) is 2. The zero-order valence-electron chi connectivity index (χ0n) is 12.9. The quantitative estimate of drug-likeness (QED) is 0.780. The van der Waals surface area contributed by atoms with Gasteiger partial charge in [0.25, 0.3) is 5.56 Å². The lowest BCUT2D eigenvalue weighted by Gasteiger charge is -2.16. The van der Waals surface area contributed by atoms with Crippen molar-refractivity contribution in [3.63, 3.8) is 0 Å². The van der Waals surface area contributed by atoms with E-state index in [0.29, 0.717) is 0 Å². The molecule has 0 saturated carbocycles. The molecular formula is C14H12ClF3N4O2S. The molecule has 2 rings (SSSR count).